The number of amides is 1. The van der Waals surface area contributed by atoms with Crippen molar-refractivity contribution in [3.05, 3.63) is 23.8 Å². The molecule has 0 aromatic heterocycles. The maximum Gasteiger partial charge on any atom is 0.299 e. The standard InChI is InChI=1S/C13H13Cl3N2O3S/c1-2-20-10-5-7(8-6-22-13(19)18-17-8)3-4-9(10)21-12(16)11(14)15/h3-5,11-12H,2,6H2,1H3,(H,18,19). The van der Waals surface area contributed by atoms with Crippen LogP contribution in [0, 0.1) is 0 Å². The maximum absolute atomic E-state index is 11.1. The molecule has 0 radical (unpaired) electrons. The van der Waals surface area contributed by atoms with Crippen molar-refractivity contribution in [2.45, 2.75) is 17.3 Å². The number of hydrogen-bond acceptors (Lipinski definition) is 5. The normalized spacial score (nSPS) is 16.0. The molecule has 1 aromatic carbocycles. The number of nitrogens with zero attached hydrogens (tertiary/aromatic N) is 1. The second-order valence-electron chi connectivity index (χ2n) is 4.14. The smallest absolute Gasteiger partial charge is 0.299 e. The monoisotopic (exact) mass is 382 g/mol. The van der Waals surface area contributed by atoms with Crippen LogP contribution in [0.25, 0.3) is 0 Å². The second kappa shape index (κ2) is 8.15. The SMILES string of the molecule is CCOc1cc(C2=NNC(=O)SC2)ccc1OC(Cl)C(Cl)Cl. The highest BCUT2D eigenvalue weighted by Gasteiger charge is 2.20. The van der Waals surface area contributed by atoms with Crippen LogP contribution in [-0.2, 0) is 0 Å². The van der Waals surface area contributed by atoms with Crippen molar-refractivity contribution >= 4 is 57.5 Å². The Bertz CT molecular complexity index is 584. The van der Waals surface area contributed by atoms with Crippen molar-refractivity contribution in [1.82, 2.24) is 5.43 Å². The molecule has 1 unspecified atom stereocenters. The molecular weight excluding hydrogens is 371 g/mol. The number of carbonyl (C=O) groups is 1. The number of benzene rings is 1. The molecule has 0 saturated heterocycles. The van der Waals surface area contributed by atoms with Crippen molar-refractivity contribution in [2.24, 2.45) is 5.10 Å². The van der Waals surface area contributed by atoms with Crippen LogP contribution in [0.3, 0.4) is 0 Å². The van der Waals surface area contributed by atoms with Crippen molar-refractivity contribution in [3.63, 3.8) is 0 Å². The van der Waals surface area contributed by atoms with E-state index >= 15 is 0 Å². The zero-order chi connectivity index (χ0) is 16.1. The van der Waals surface area contributed by atoms with E-state index in [1.165, 1.54) is 0 Å². The van der Waals surface area contributed by atoms with Gasteiger partial charge >= 0.3 is 0 Å². The summed E-state index contributed by atoms with van der Waals surface area (Å²) in [6.45, 7) is 2.31. The number of thioether (sulfide) groups is 1. The minimum atomic E-state index is -0.893. The Morgan fingerprint density at radius 2 is 2.14 bits per heavy atom. The van der Waals surface area contributed by atoms with Crippen molar-refractivity contribution in [1.29, 1.82) is 0 Å². The molecule has 2 rings (SSSR count). The highest BCUT2D eigenvalue weighted by Crippen LogP contribution is 2.32. The third kappa shape index (κ3) is 4.59. The van der Waals surface area contributed by atoms with E-state index in [0.717, 1.165) is 23.0 Å². The van der Waals surface area contributed by atoms with Gasteiger partial charge in [0.1, 0.15) is 0 Å². The lowest BCUT2D eigenvalue weighted by Crippen LogP contribution is -2.24. The predicted molar refractivity (Wildman–Crippen MR) is 90.9 cm³/mol. The lowest BCUT2D eigenvalue weighted by Gasteiger charge is -2.18. The van der Waals surface area contributed by atoms with Crippen molar-refractivity contribution < 1.29 is 14.3 Å². The number of hydrazone groups is 1. The van der Waals surface area contributed by atoms with E-state index in [4.69, 9.17) is 44.3 Å². The van der Waals surface area contributed by atoms with Crippen LogP contribution in [0.4, 0.5) is 4.79 Å². The summed E-state index contributed by atoms with van der Waals surface area (Å²) < 4.78 is 11.0. The van der Waals surface area contributed by atoms with Gasteiger partial charge in [0.15, 0.2) is 16.3 Å². The molecule has 22 heavy (non-hydrogen) atoms. The van der Waals surface area contributed by atoms with Crippen LogP contribution in [0.2, 0.25) is 0 Å². The van der Waals surface area contributed by atoms with E-state index < -0.39 is 10.4 Å². The second-order valence-corrected chi connectivity index (χ2v) is 6.69. The summed E-state index contributed by atoms with van der Waals surface area (Å²) in [5, 5.41) is 3.86. The number of nitrogens with one attached hydrogen (secondary N) is 1. The molecule has 1 heterocycles. The van der Waals surface area contributed by atoms with Gasteiger partial charge in [-0.1, -0.05) is 46.6 Å². The lowest BCUT2D eigenvalue weighted by molar-refractivity contribution is 0.261. The first-order valence-electron chi connectivity index (χ1n) is 6.36. The fourth-order valence-corrected chi connectivity index (χ4v) is 2.49. The van der Waals surface area contributed by atoms with Crippen molar-refractivity contribution in [2.75, 3.05) is 12.4 Å². The highest BCUT2D eigenvalue weighted by atomic mass is 35.5. The van der Waals surface area contributed by atoms with Gasteiger partial charge in [0.05, 0.1) is 12.3 Å². The van der Waals surface area contributed by atoms with Gasteiger partial charge in [0.2, 0.25) is 5.56 Å². The van der Waals surface area contributed by atoms with E-state index in [2.05, 4.69) is 10.5 Å². The van der Waals surface area contributed by atoms with Gasteiger partial charge in [-0.3, -0.25) is 4.79 Å². The molecule has 5 nitrogen and oxygen atoms in total. The summed E-state index contributed by atoms with van der Waals surface area (Å²) in [7, 11) is 0. The molecule has 0 saturated carbocycles. The molecule has 0 aliphatic carbocycles. The molecular formula is C13H13Cl3N2O3S. The first-order valence-corrected chi connectivity index (χ1v) is 8.66. The summed E-state index contributed by atoms with van der Waals surface area (Å²) in [4.78, 5) is 10.2. The summed E-state index contributed by atoms with van der Waals surface area (Å²) in [5.41, 5.74) is 3.10. The van der Waals surface area contributed by atoms with E-state index in [0.29, 0.717) is 23.9 Å². The zero-order valence-corrected chi connectivity index (χ0v) is 14.6. The molecule has 0 spiro atoms. The minimum Gasteiger partial charge on any atom is -0.490 e. The zero-order valence-electron chi connectivity index (χ0n) is 11.5. The van der Waals surface area contributed by atoms with E-state index in [1.54, 1.807) is 18.2 Å². The number of halogens is 3. The van der Waals surface area contributed by atoms with Gasteiger partial charge in [0.25, 0.3) is 5.24 Å². The van der Waals surface area contributed by atoms with Crippen LogP contribution in [0.5, 0.6) is 11.5 Å². The molecule has 1 aromatic rings. The molecule has 1 atom stereocenters. The summed E-state index contributed by atoms with van der Waals surface area (Å²) in [5.74, 6) is 1.43. The Kier molecular flexibility index (Phi) is 6.50. The van der Waals surface area contributed by atoms with Gasteiger partial charge in [-0.05, 0) is 25.1 Å². The summed E-state index contributed by atoms with van der Waals surface area (Å²) in [6.07, 6.45) is 0. The molecule has 1 aliphatic heterocycles. The average Bonchev–Trinajstić information content (AvgIpc) is 2.50. The van der Waals surface area contributed by atoms with Gasteiger partial charge in [-0.2, -0.15) is 5.10 Å². The molecule has 120 valence electrons. The Balaban J connectivity index is 2.24. The number of alkyl halides is 3. The first kappa shape index (κ1) is 17.5. The lowest BCUT2D eigenvalue weighted by atomic mass is 10.1. The van der Waals surface area contributed by atoms with Gasteiger partial charge in [0, 0.05) is 11.3 Å². The van der Waals surface area contributed by atoms with Gasteiger partial charge < -0.3 is 9.47 Å². The summed E-state index contributed by atoms with van der Waals surface area (Å²) in [6, 6.07) is 5.28. The van der Waals surface area contributed by atoms with Crippen LogP contribution >= 0.6 is 46.6 Å². The predicted octanol–water partition coefficient (Wildman–Crippen LogP) is 3.99. The van der Waals surface area contributed by atoms with Crippen LogP contribution in [0.1, 0.15) is 12.5 Å². The number of hydrogen-bond donors (Lipinski definition) is 1. The van der Waals surface area contributed by atoms with E-state index in [9.17, 15) is 4.79 Å². The molecule has 0 bridgehead atoms. The number of carbonyl (C=O) groups excluding carboxylic acids is 1. The minimum absolute atomic E-state index is 0.172. The Labute approximate surface area is 147 Å². The molecule has 9 heteroatoms. The Hall–Kier alpha value is -0.820. The molecule has 1 amide bonds. The fraction of sp³-hybridized carbons (Fsp3) is 0.385. The van der Waals surface area contributed by atoms with Crippen LogP contribution in [-0.4, -0.2) is 33.7 Å². The Morgan fingerprint density at radius 1 is 1.36 bits per heavy atom. The van der Waals surface area contributed by atoms with Crippen molar-refractivity contribution in [3.8, 4) is 11.5 Å². The maximum atomic E-state index is 11.1. The first-order chi connectivity index (χ1) is 10.5. The Morgan fingerprint density at radius 3 is 2.73 bits per heavy atom. The van der Waals surface area contributed by atoms with Crippen LogP contribution < -0.4 is 14.9 Å². The van der Waals surface area contributed by atoms with E-state index in [-0.39, 0.29) is 5.24 Å². The summed E-state index contributed by atoms with van der Waals surface area (Å²) >= 11 is 18.4. The third-order valence-electron chi connectivity index (χ3n) is 2.64. The molecule has 0 fully saturated rings. The van der Waals surface area contributed by atoms with E-state index in [1.807, 2.05) is 6.92 Å². The van der Waals surface area contributed by atoms with Gasteiger partial charge in [-0.25, -0.2) is 5.43 Å². The highest BCUT2D eigenvalue weighted by molar-refractivity contribution is 8.14. The largest absolute Gasteiger partial charge is 0.490 e. The topological polar surface area (TPSA) is 59.9 Å². The molecule has 1 aliphatic rings. The van der Waals surface area contributed by atoms with Gasteiger partial charge in [-0.15, -0.1) is 0 Å². The number of ether oxygens (including phenoxy) is 2. The number of rotatable bonds is 6. The molecule has 1 N–H and O–H groups in total. The third-order valence-corrected chi connectivity index (χ3v) is 4.46. The van der Waals surface area contributed by atoms with Crippen LogP contribution in [0.15, 0.2) is 23.3 Å². The average molecular weight is 384 g/mol. The quantitative estimate of drug-likeness (QED) is 0.755. The fourth-order valence-electron chi connectivity index (χ4n) is 1.69.